The molecule has 0 bridgehead atoms. The molecule has 3 heterocycles. The third-order valence-electron chi connectivity index (χ3n) is 5.48. The molecule has 0 N–H and O–H groups in total. The van der Waals surface area contributed by atoms with Gasteiger partial charge in [0, 0.05) is 36.8 Å². The van der Waals surface area contributed by atoms with Gasteiger partial charge in [0.1, 0.15) is 17.2 Å². The summed E-state index contributed by atoms with van der Waals surface area (Å²) in [6, 6.07) is 9.53. The SMILES string of the molecule is COc1cccc(O[C@@H](C)C(=O)N2CC[C@H](c3cc4nc(C)cc(C(F)(F)F)n4n3)C2)c1. The van der Waals surface area contributed by atoms with Crippen molar-refractivity contribution in [2.24, 2.45) is 0 Å². The zero-order valence-corrected chi connectivity index (χ0v) is 17.9. The number of carbonyl (C=O) groups excluding carboxylic acids is 1. The molecule has 1 aliphatic rings. The fourth-order valence-corrected chi connectivity index (χ4v) is 3.91. The Balaban J connectivity index is 1.48. The number of ether oxygens (including phenoxy) is 2. The normalized spacial score (nSPS) is 17.6. The van der Waals surface area contributed by atoms with Gasteiger partial charge in [0.05, 0.1) is 12.8 Å². The van der Waals surface area contributed by atoms with Crippen LogP contribution >= 0.6 is 0 Å². The summed E-state index contributed by atoms with van der Waals surface area (Å²) in [5, 5.41) is 4.18. The van der Waals surface area contributed by atoms with Crippen LogP contribution in [0.15, 0.2) is 36.4 Å². The Kier molecular flexibility index (Phi) is 5.70. The van der Waals surface area contributed by atoms with E-state index in [-0.39, 0.29) is 23.2 Å². The number of hydrogen-bond donors (Lipinski definition) is 0. The Morgan fingerprint density at radius 1 is 1.22 bits per heavy atom. The number of rotatable bonds is 5. The number of benzene rings is 1. The van der Waals surface area contributed by atoms with Crippen molar-refractivity contribution in [3.8, 4) is 11.5 Å². The molecule has 1 aromatic carbocycles. The van der Waals surface area contributed by atoms with Gasteiger partial charge >= 0.3 is 6.18 Å². The van der Waals surface area contributed by atoms with Crippen LogP contribution in [0.25, 0.3) is 5.65 Å². The summed E-state index contributed by atoms with van der Waals surface area (Å²) >= 11 is 0. The number of methoxy groups -OCH3 is 1. The Labute approximate surface area is 182 Å². The summed E-state index contributed by atoms with van der Waals surface area (Å²) in [6.45, 7) is 4.01. The number of amides is 1. The molecular formula is C22H23F3N4O3. The van der Waals surface area contributed by atoms with Crippen LogP contribution in [0.1, 0.15) is 36.3 Å². The van der Waals surface area contributed by atoms with Gasteiger partial charge < -0.3 is 14.4 Å². The van der Waals surface area contributed by atoms with Crippen LogP contribution in [0.4, 0.5) is 13.2 Å². The molecule has 0 spiro atoms. The molecule has 3 aromatic rings. The van der Waals surface area contributed by atoms with Gasteiger partial charge in [-0.2, -0.15) is 18.3 Å². The summed E-state index contributed by atoms with van der Waals surface area (Å²) < 4.78 is 52.0. The van der Waals surface area contributed by atoms with Crippen LogP contribution in [0, 0.1) is 6.92 Å². The molecule has 7 nitrogen and oxygen atoms in total. The topological polar surface area (TPSA) is 69.0 Å². The van der Waals surface area contributed by atoms with Crippen LogP contribution in [-0.2, 0) is 11.0 Å². The van der Waals surface area contributed by atoms with E-state index in [1.54, 1.807) is 49.3 Å². The lowest BCUT2D eigenvalue weighted by atomic mass is 10.1. The van der Waals surface area contributed by atoms with Crippen molar-refractivity contribution in [2.45, 2.75) is 38.5 Å². The second kappa shape index (κ2) is 8.33. The molecule has 4 rings (SSSR count). The number of nitrogens with zero attached hydrogens (tertiary/aromatic N) is 4. The molecular weight excluding hydrogens is 425 g/mol. The largest absolute Gasteiger partial charge is 0.497 e. The first-order chi connectivity index (χ1) is 15.2. The van der Waals surface area contributed by atoms with Crippen molar-refractivity contribution in [3.05, 3.63) is 53.5 Å². The molecule has 0 saturated carbocycles. The highest BCUT2D eigenvalue weighted by molar-refractivity contribution is 5.81. The molecule has 0 radical (unpaired) electrons. The first-order valence-electron chi connectivity index (χ1n) is 10.2. The molecule has 1 saturated heterocycles. The van der Waals surface area contributed by atoms with Gasteiger partial charge in [-0.1, -0.05) is 6.07 Å². The summed E-state index contributed by atoms with van der Waals surface area (Å²) in [7, 11) is 1.55. The van der Waals surface area contributed by atoms with Crippen molar-refractivity contribution in [3.63, 3.8) is 0 Å². The Hall–Kier alpha value is -3.30. The molecule has 1 amide bonds. The highest BCUT2D eigenvalue weighted by atomic mass is 19.4. The molecule has 10 heteroatoms. The minimum atomic E-state index is -4.54. The fraction of sp³-hybridized carbons (Fsp3) is 0.409. The molecule has 1 aliphatic heterocycles. The first kappa shape index (κ1) is 21.9. The highest BCUT2D eigenvalue weighted by Gasteiger charge is 2.36. The zero-order valence-electron chi connectivity index (χ0n) is 17.9. The van der Waals surface area contributed by atoms with Gasteiger partial charge in [-0.15, -0.1) is 0 Å². The minimum Gasteiger partial charge on any atom is -0.497 e. The number of fused-ring (bicyclic) bond motifs is 1. The maximum Gasteiger partial charge on any atom is 0.433 e. The number of halogens is 3. The molecule has 1 fully saturated rings. The van der Waals surface area contributed by atoms with Crippen molar-refractivity contribution >= 4 is 11.6 Å². The van der Waals surface area contributed by atoms with E-state index in [9.17, 15) is 18.0 Å². The second-order valence-electron chi connectivity index (χ2n) is 7.83. The standard InChI is InChI=1S/C22H23F3N4O3/c1-13-9-19(22(23,24)25)29-20(26-13)11-18(27-29)15-7-8-28(12-15)21(30)14(2)32-17-6-4-5-16(10-17)31-3/h4-6,9-11,14-15H,7-8,12H2,1-3H3/t14-,15-/m0/s1. The summed E-state index contributed by atoms with van der Waals surface area (Å²) in [4.78, 5) is 18.7. The molecule has 170 valence electrons. The highest BCUT2D eigenvalue weighted by Crippen LogP contribution is 2.32. The van der Waals surface area contributed by atoms with E-state index in [0.29, 0.717) is 36.7 Å². The van der Waals surface area contributed by atoms with Gasteiger partial charge in [0.15, 0.2) is 11.8 Å². The Morgan fingerprint density at radius 2 is 1.97 bits per heavy atom. The number of carbonyl (C=O) groups is 1. The Morgan fingerprint density at radius 3 is 2.69 bits per heavy atom. The second-order valence-corrected chi connectivity index (χ2v) is 7.83. The monoisotopic (exact) mass is 448 g/mol. The van der Waals surface area contributed by atoms with Gasteiger partial charge in [-0.3, -0.25) is 4.79 Å². The summed E-state index contributed by atoms with van der Waals surface area (Å²) in [5.41, 5.74) is 0.0394. The van der Waals surface area contributed by atoms with Crippen LogP contribution in [0.3, 0.4) is 0 Å². The predicted molar refractivity (Wildman–Crippen MR) is 110 cm³/mol. The van der Waals surface area contributed by atoms with Gasteiger partial charge in [-0.25, -0.2) is 9.50 Å². The lowest BCUT2D eigenvalue weighted by Gasteiger charge is -2.22. The van der Waals surface area contributed by atoms with Gasteiger partial charge in [0.2, 0.25) is 0 Å². The lowest BCUT2D eigenvalue weighted by Crippen LogP contribution is -2.39. The van der Waals surface area contributed by atoms with E-state index in [2.05, 4.69) is 10.1 Å². The molecule has 0 aliphatic carbocycles. The number of alkyl halides is 3. The molecule has 2 atom stereocenters. The molecule has 2 aromatic heterocycles. The number of aromatic nitrogens is 3. The number of aryl methyl sites for hydroxylation is 1. The lowest BCUT2D eigenvalue weighted by molar-refractivity contribution is -0.142. The Bertz CT molecular complexity index is 1150. The summed E-state index contributed by atoms with van der Waals surface area (Å²) in [5.74, 6) is 0.773. The third-order valence-corrected chi connectivity index (χ3v) is 5.48. The van der Waals surface area contributed by atoms with Crippen LogP contribution in [0.5, 0.6) is 11.5 Å². The van der Waals surface area contributed by atoms with Crippen LogP contribution < -0.4 is 9.47 Å². The van der Waals surface area contributed by atoms with E-state index in [1.165, 1.54) is 6.92 Å². The van der Waals surface area contributed by atoms with E-state index >= 15 is 0 Å². The molecule has 0 unspecified atom stereocenters. The van der Waals surface area contributed by atoms with Gasteiger partial charge in [0.25, 0.3) is 5.91 Å². The van der Waals surface area contributed by atoms with E-state index in [4.69, 9.17) is 9.47 Å². The van der Waals surface area contributed by atoms with Crippen molar-refractivity contribution in [1.29, 1.82) is 0 Å². The molecule has 32 heavy (non-hydrogen) atoms. The quantitative estimate of drug-likeness (QED) is 0.593. The number of hydrogen-bond acceptors (Lipinski definition) is 5. The maximum absolute atomic E-state index is 13.4. The third kappa shape index (κ3) is 4.35. The fourth-order valence-electron chi connectivity index (χ4n) is 3.91. The van der Waals surface area contributed by atoms with Crippen LogP contribution in [0.2, 0.25) is 0 Å². The first-order valence-corrected chi connectivity index (χ1v) is 10.2. The average molecular weight is 448 g/mol. The zero-order chi connectivity index (χ0) is 23.0. The van der Waals surface area contributed by atoms with Crippen molar-refractivity contribution < 1.29 is 27.4 Å². The number of likely N-dealkylation sites (tertiary alicyclic amines) is 1. The van der Waals surface area contributed by atoms with Crippen molar-refractivity contribution in [1.82, 2.24) is 19.5 Å². The van der Waals surface area contributed by atoms with E-state index < -0.39 is 18.0 Å². The van der Waals surface area contributed by atoms with Gasteiger partial charge in [-0.05, 0) is 38.5 Å². The van der Waals surface area contributed by atoms with E-state index in [1.807, 2.05) is 0 Å². The smallest absolute Gasteiger partial charge is 0.433 e. The predicted octanol–water partition coefficient (Wildman–Crippen LogP) is 3.85. The van der Waals surface area contributed by atoms with Crippen molar-refractivity contribution in [2.75, 3.05) is 20.2 Å². The maximum atomic E-state index is 13.4. The average Bonchev–Trinajstić information content (AvgIpc) is 3.39. The summed E-state index contributed by atoms with van der Waals surface area (Å²) in [6.07, 6.45) is -4.66. The minimum absolute atomic E-state index is 0.145. The van der Waals surface area contributed by atoms with E-state index in [0.717, 1.165) is 10.6 Å². The van der Waals surface area contributed by atoms with Crippen LogP contribution in [-0.4, -0.2) is 51.7 Å².